The molecule has 0 spiro atoms. The van der Waals surface area contributed by atoms with Crippen LogP contribution in [-0.4, -0.2) is 19.4 Å². The van der Waals surface area contributed by atoms with E-state index in [4.69, 9.17) is 2.74 Å². The van der Waals surface area contributed by atoms with Crippen molar-refractivity contribution in [3.8, 4) is 0 Å². The summed E-state index contributed by atoms with van der Waals surface area (Å²) >= 11 is 0. The number of benzene rings is 4. The highest BCUT2D eigenvalue weighted by Crippen LogP contribution is 2.47. The molecule has 4 aromatic carbocycles. The van der Waals surface area contributed by atoms with E-state index >= 15 is 0 Å². The van der Waals surface area contributed by atoms with Crippen LogP contribution in [0.3, 0.4) is 0 Å². The summed E-state index contributed by atoms with van der Waals surface area (Å²) in [6.07, 6.45) is 0. The topological polar surface area (TPSA) is 80.5 Å². The predicted molar refractivity (Wildman–Crippen MR) is 143 cm³/mol. The molecule has 0 aliphatic carbocycles. The normalized spacial score (nSPS) is 16.9. The van der Waals surface area contributed by atoms with E-state index < -0.39 is 27.5 Å². The van der Waals surface area contributed by atoms with Crippen LogP contribution in [0.5, 0.6) is 0 Å². The van der Waals surface area contributed by atoms with E-state index in [0.717, 1.165) is 16.4 Å². The number of hydrogen-bond acceptors (Lipinski definition) is 4. The SMILES string of the molecule is [2H]C([2H])=C1c2ccccc2N(S(=O)(=O)c2ccc([N+](=O)[O-])cc2)[C@H]1/C(=C(\[2H])c1ccccc1)c1ccccc1. The number of non-ortho nitro benzene ring substituents is 1. The molecular weight excluding hydrogens is 472 g/mol. The lowest BCUT2D eigenvalue weighted by Crippen LogP contribution is -2.38. The summed E-state index contributed by atoms with van der Waals surface area (Å²) in [5, 5.41) is 11.2. The Morgan fingerprint density at radius 1 is 0.917 bits per heavy atom. The number of anilines is 1. The Balaban J connectivity index is 1.83. The van der Waals surface area contributed by atoms with Gasteiger partial charge in [-0.25, -0.2) is 8.42 Å². The third-order valence-electron chi connectivity index (χ3n) is 5.95. The second-order valence-electron chi connectivity index (χ2n) is 8.16. The van der Waals surface area contributed by atoms with Gasteiger partial charge in [0.1, 0.15) is 0 Å². The highest BCUT2D eigenvalue weighted by Gasteiger charge is 2.43. The first-order chi connectivity index (χ1) is 18.7. The number of hydrogen-bond donors (Lipinski definition) is 0. The maximum Gasteiger partial charge on any atom is 0.269 e. The Bertz CT molecular complexity index is 1720. The maximum atomic E-state index is 14.3. The molecular formula is C29H22N2O4S. The van der Waals surface area contributed by atoms with Crippen LogP contribution >= 0.6 is 0 Å². The molecule has 0 unspecified atom stereocenters. The Hall–Kier alpha value is -4.49. The van der Waals surface area contributed by atoms with Crippen LogP contribution < -0.4 is 4.31 Å². The van der Waals surface area contributed by atoms with E-state index in [2.05, 4.69) is 0 Å². The first-order valence-electron chi connectivity index (χ1n) is 12.6. The Morgan fingerprint density at radius 3 is 2.17 bits per heavy atom. The molecule has 1 atom stereocenters. The lowest BCUT2D eigenvalue weighted by molar-refractivity contribution is -0.384. The van der Waals surface area contributed by atoms with Crippen LogP contribution in [0.25, 0.3) is 17.2 Å². The van der Waals surface area contributed by atoms with Crippen LogP contribution in [0.4, 0.5) is 11.4 Å². The summed E-state index contributed by atoms with van der Waals surface area (Å²) < 4.78 is 55.7. The van der Waals surface area contributed by atoms with Crippen LogP contribution in [0.15, 0.2) is 121 Å². The van der Waals surface area contributed by atoms with Gasteiger partial charge in [-0.15, -0.1) is 0 Å². The fraction of sp³-hybridized carbons (Fsp3) is 0.0345. The van der Waals surface area contributed by atoms with Gasteiger partial charge in [-0.1, -0.05) is 85.4 Å². The fourth-order valence-electron chi connectivity index (χ4n) is 4.27. The summed E-state index contributed by atoms with van der Waals surface area (Å²) in [6, 6.07) is 27.7. The largest absolute Gasteiger partial charge is 0.269 e. The maximum absolute atomic E-state index is 14.3. The van der Waals surface area contributed by atoms with Crippen molar-refractivity contribution in [3.05, 3.63) is 143 Å². The zero-order chi connectivity index (χ0) is 27.7. The molecule has 178 valence electrons. The summed E-state index contributed by atoms with van der Waals surface area (Å²) in [5.74, 6) is 0. The Labute approximate surface area is 213 Å². The minimum absolute atomic E-state index is 0.0438. The molecule has 0 N–H and O–H groups in total. The van der Waals surface area contributed by atoms with Crippen LogP contribution in [-0.2, 0) is 10.0 Å². The molecule has 1 aliphatic heterocycles. The number of sulfonamides is 1. The average molecular weight is 498 g/mol. The summed E-state index contributed by atoms with van der Waals surface area (Å²) in [5.41, 5.74) is 1.92. The fourth-order valence-corrected chi connectivity index (χ4v) is 5.89. The number of nitro groups is 1. The third-order valence-corrected chi connectivity index (χ3v) is 7.75. The molecule has 0 fully saturated rings. The number of fused-ring (bicyclic) bond motifs is 1. The lowest BCUT2D eigenvalue weighted by Gasteiger charge is -2.29. The van der Waals surface area contributed by atoms with Crippen molar-refractivity contribution in [2.24, 2.45) is 0 Å². The van der Waals surface area contributed by atoms with Gasteiger partial charge in [-0.05, 0) is 46.5 Å². The highest BCUT2D eigenvalue weighted by molar-refractivity contribution is 7.93. The minimum atomic E-state index is -4.39. The van der Waals surface area contributed by atoms with Gasteiger partial charge >= 0.3 is 0 Å². The van der Waals surface area contributed by atoms with Crippen molar-refractivity contribution in [3.63, 3.8) is 0 Å². The molecule has 0 radical (unpaired) electrons. The second kappa shape index (κ2) is 9.28. The monoisotopic (exact) mass is 497 g/mol. The molecule has 4 aromatic rings. The molecule has 1 aliphatic rings. The van der Waals surface area contributed by atoms with Crippen molar-refractivity contribution < 1.29 is 17.5 Å². The Morgan fingerprint density at radius 2 is 1.53 bits per heavy atom. The van der Waals surface area contributed by atoms with E-state index in [1.54, 1.807) is 78.9 Å². The molecule has 0 saturated heterocycles. The number of para-hydroxylation sites is 1. The molecule has 36 heavy (non-hydrogen) atoms. The molecule has 1 heterocycles. The van der Waals surface area contributed by atoms with Crippen LogP contribution in [0.1, 0.15) is 20.8 Å². The van der Waals surface area contributed by atoms with Crippen LogP contribution in [0.2, 0.25) is 0 Å². The summed E-state index contributed by atoms with van der Waals surface area (Å²) in [6.45, 7) is -0.580. The van der Waals surface area contributed by atoms with E-state index in [1.807, 2.05) is 6.07 Å². The van der Waals surface area contributed by atoms with E-state index in [9.17, 15) is 19.9 Å². The van der Waals surface area contributed by atoms with Crippen molar-refractivity contribution >= 4 is 38.6 Å². The first-order valence-corrected chi connectivity index (χ1v) is 12.5. The smallest absolute Gasteiger partial charge is 0.258 e. The quantitative estimate of drug-likeness (QED) is 0.175. The van der Waals surface area contributed by atoms with Crippen molar-refractivity contribution in [1.82, 2.24) is 0 Å². The Kier molecular flexibility index (Phi) is 5.10. The standard InChI is InChI=1S/C29H22N2O4S/c1-21-26-14-8-9-15-28(26)30(36(34,35)25-18-16-24(17-19-25)31(32)33)29(21)27(23-12-6-3-7-13-23)20-22-10-4-2-5-11-22/h2-20,29H,1H2/b27-20+/t29-/m1/s1/i1D2,20D. The van der Waals surface area contributed by atoms with Gasteiger partial charge in [0.05, 0.1) is 25.7 Å². The number of nitro benzene ring substituents is 1. The zero-order valence-corrected chi connectivity index (χ0v) is 19.7. The minimum Gasteiger partial charge on any atom is -0.258 e. The zero-order valence-electron chi connectivity index (χ0n) is 21.9. The third kappa shape index (κ3) is 4.10. The molecule has 0 bridgehead atoms. The van der Waals surface area contributed by atoms with E-state index in [0.29, 0.717) is 22.3 Å². The first kappa shape index (κ1) is 19.8. The summed E-state index contributed by atoms with van der Waals surface area (Å²) in [7, 11) is -4.39. The van der Waals surface area contributed by atoms with Crippen LogP contribution in [0, 0.1) is 10.1 Å². The molecule has 0 amide bonds. The molecule has 0 saturated carbocycles. The van der Waals surface area contributed by atoms with Gasteiger partial charge in [-0.3, -0.25) is 14.4 Å². The van der Waals surface area contributed by atoms with Gasteiger partial charge in [-0.2, -0.15) is 0 Å². The van der Waals surface area contributed by atoms with E-state index in [-0.39, 0.29) is 27.9 Å². The predicted octanol–water partition coefficient (Wildman–Crippen LogP) is 6.43. The highest BCUT2D eigenvalue weighted by atomic mass is 32.2. The van der Waals surface area contributed by atoms with Crippen molar-refractivity contribution in [2.75, 3.05) is 4.31 Å². The molecule has 0 aromatic heterocycles. The summed E-state index contributed by atoms with van der Waals surface area (Å²) in [4.78, 5) is 10.4. The number of rotatable bonds is 6. The van der Waals surface area contributed by atoms with E-state index in [1.165, 1.54) is 12.1 Å². The van der Waals surface area contributed by atoms with Gasteiger partial charge in [0.2, 0.25) is 0 Å². The van der Waals surface area contributed by atoms with Gasteiger partial charge in [0.25, 0.3) is 15.7 Å². The van der Waals surface area contributed by atoms with Gasteiger partial charge in [0, 0.05) is 17.7 Å². The second-order valence-corrected chi connectivity index (χ2v) is 9.97. The lowest BCUT2D eigenvalue weighted by atomic mass is 9.91. The van der Waals surface area contributed by atoms with Gasteiger partial charge in [0.15, 0.2) is 0 Å². The molecule has 5 rings (SSSR count). The average Bonchev–Trinajstić information content (AvgIpc) is 3.30. The molecule has 7 heteroatoms. The molecule has 6 nitrogen and oxygen atoms in total. The van der Waals surface area contributed by atoms with Gasteiger partial charge < -0.3 is 0 Å². The number of nitrogens with zero attached hydrogens (tertiary/aromatic N) is 2. The van der Waals surface area contributed by atoms with Crippen molar-refractivity contribution in [2.45, 2.75) is 10.9 Å². The van der Waals surface area contributed by atoms with Crippen molar-refractivity contribution in [1.29, 1.82) is 0 Å².